The number of hydrogen-bond donors (Lipinski definition) is 2. The zero-order valence-electron chi connectivity index (χ0n) is 15.7. The number of anilines is 1. The van der Waals surface area contributed by atoms with Crippen molar-refractivity contribution in [2.45, 2.75) is 25.8 Å². The van der Waals surface area contributed by atoms with Crippen LogP contribution in [0, 0.1) is 0 Å². The standard InChI is InChI=1S/C17H28N6O3/c1-4-26-17(25)23-8-5-13(6-9-23)21-15-11-14(19-12-20-15)16(24)18-7-10-22(2)3/h11-13H,4-10H2,1-3H3,(H,18,24)(H,19,20,21). The van der Waals surface area contributed by atoms with Crippen LogP contribution in [0.25, 0.3) is 0 Å². The molecule has 1 saturated heterocycles. The molecule has 0 radical (unpaired) electrons. The molecular weight excluding hydrogens is 336 g/mol. The summed E-state index contributed by atoms with van der Waals surface area (Å²) in [6, 6.07) is 1.85. The van der Waals surface area contributed by atoms with E-state index in [4.69, 9.17) is 4.74 Å². The lowest BCUT2D eigenvalue weighted by atomic mass is 10.1. The van der Waals surface area contributed by atoms with Crippen LogP contribution in [0.3, 0.4) is 0 Å². The Morgan fingerprint density at radius 2 is 2.04 bits per heavy atom. The van der Waals surface area contributed by atoms with Gasteiger partial charge < -0.3 is 25.2 Å². The Morgan fingerprint density at radius 1 is 1.31 bits per heavy atom. The quantitative estimate of drug-likeness (QED) is 0.738. The highest BCUT2D eigenvalue weighted by Crippen LogP contribution is 2.16. The molecule has 1 aliphatic heterocycles. The first-order valence-electron chi connectivity index (χ1n) is 8.92. The zero-order valence-corrected chi connectivity index (χ0v) is 15.7. The lowest BCUT2D eigenvalue weighted by Gasteiger charge is -2.31. The minimum Gasteiger partial charge on any atom is -0.450 e. The van der Waals surface area contributed by atoms with Gasteiger partial charge >= 0.3 is 6.09 Å². The predicted octanol–water partition coefficient (Wildman–Crippen LogP) is 0.801. The van der Waals surface area contributed by atoms with E-state index in [-0.39, 0.29) is 18.0 Å². The molecule has 0 unspecified atom stereocenters. The van der Waals surface area contributed by atoms with Crippen molar-refractivity contribution in [1.29, 1.82) is 0 Å². The summed E-state index contributed by atoms with van der Waals surface area (Å²) in [5, 5.41) is 6.16. The van der Waals surface area contributed by atoms with Crippen molar-refractivity contribution in [3.8, 4) is 0 Å². The van der Waals surface area contributed by atoms with Gasteiger partial charge in [-0.15, -0.1) is 0 Å². The first kappa shape index (κ1) is 19.9. The Balaban J connectivity index is 1.83. The second kappa shape index (κ2) is 9.91. The van der Waals surface area contributed by atoms with Gasteiger partial charge in [0.15, 0.2) is 0 Å². The summed E-state index contributed by atoms with van der Waals surface area (Å²) in [5.74, 6) is 0.404. The Morgan fingerprint density at radius 3 is 2.69 bits per heavy atom. The highest BCUT2D eigenvalue weighted by Gasteiger charge is 2.23. The number of carbonyl (C=O) groups excluding carboxylic acids is 2. The number of likely N-dealkylation sites (tertiary alicyclic amines) is 1. The van der Waals surface area contributed by atoms with Crippen molar-refractivity contribution in [3.63, 3.8) is 0 Å². The van der Waals surface area contributed by atoms with Crippen LogP contribution in [0.15, 0.2) is 12.4 Å². The summed E-state index contributed by atoms with van der Waals surface area (Å²) in [4.78, 5) is 35.8. The molecule has 0 atom stereocenters. The molecular formula is C17H28N6O3. The summed E-state index contributed by atoms with van der Waals surface area (Å²) >= 11 is 0. The highest BCUT2D eigenvalue weighted by atomic mass is 16.6. The Kier molecular flexibility index (Phi) is 7.58. The Labute approximate surface area is 154 Å². The van der Waals surface area contributed by atoms with Gasteiger partial charge in [-0.25, -0.2) is 14.8 Å². The lowest BCUT2D eigenvalue weighted by Crippen LogP contribution is -2.42. The highest BCUT2D eigenvalue weighted by molar-refractivity contribution is 5.92. The number of nitrogens with zero attached hydrogens (tertiary/aromatic N) is 4. The van der Waals surface area contributed by atoms with Crippen molar-refractivity contribution in [3.05, 3.63) is 18.1 Å². The number of piperidine rings is 1. The topological polar surface area (TPSA) is 99.7 Å². The SMILES string of the molecule is CCOC(=O)N1CCC(Nc2cc(C(=O)NCCN(C)C)ncn2)CC1. The largest absolute Gasteiger partial charge is 0.450 e. The van der Waals surface area contributed by atoms with Crippen molar-refractivity contribution >= 4 is 17.8 Å². The van der Waals surface area contributed by atoms with Crippen LogP contribution >= 0.6 is 0 Å². The molecule has 0 aromatic carbocycles. The van der Waals surface area contributed by atoms with Crippen LogP contribution in [0.2, 0.25) is 0 Å². The fourth-order valence-corrected chi connectivity index (χ4v) is 2.67. The smallest absolute Gasteiger partial charge is 0.409 e. The van der Waals surface area contributed by atoms with E-state index in [1.807, 2.05) is 19.0 Å². The van der Waals surface area contributed by atoms with E-state index in [0.717, 1.165) is 19.4 Å². The number of hydrogen-bond acceptors (Lipinski definition) is 7. The van der Waals surface area contributed by atoms with E-state index in [1.165, 1.54) is 6.33 Å². The van der Waals surface area contributed by atoms with Crippen LogP contribution in [-0.4, -0.2) is 84.7 Å². The number of amides is 2. The molecule has 2 heterocycles. The maximum atomic E-state index is 12.1. The number of aromatic nitrogens is 2. The number of likely N-dealkylation sites (N-methyl/N-ethyl adjacent to an activating group) is 1. The summed E-state index contributed by atoms with van der Waals surface area (Å²) in [5.41, 5.74) is 0.338. The molecule has 144 valence electrons. The molecule has 1 aromatic rings. The van der Waals surface area contributed by atoms with Crippen LogP contribution < -0.4 is 10.6 Å². The molecule has 1 aliphatic rings. The molecule has 9 nitrogen and oxygen atoms in total. The third-order valence-corrected chi connectivity index (χ3v) is 4.12. The molecule has 1 aromatic heterocycles. The fraction of sp³-hybridized carbons (Fsp3) is 0.647. The average Bonchev–Trinajstić information content (AvgIpc) is 2.62. The maximum absolute atomic E-state index is 12.1. The van der Waals surface area contributed by atoms with E-state index >= 15 is 0 Å². The van der Waals surface area contributed by atoms with E-state index < -0.39 is 0 Å². The van der Waals surface area contributed by atoms with Gasteiger partial charge in [-0.3, -0.25) is 4.79 Å². The summed E-state index contributed by atoms with van der Waals surface area (Å²) < 4.78 is 5.02. The molecule has 2 rings (SSSR count). The Hall–Kier alpha value is -2.42. The molecule has 0 saturated carbocycles. The van der Waals surface area contributed by atoms with Gasteiger partial charge in [-0.05, 0) is 33.9 Å². The molecule has 0 aliphatic carbocycles. The third-order valence-electron chi connectivity index (χ3n) is 4.12. The molecule has 2 N–H and O–H groups in total. The zero-order chi connectivity index (χ0) is 18.9. The Bertz CT molecular complexity index is 602. The van der Waals surface area contributed by atoms with Crippen molar-refractivity contribution in [1.82, 2.24) is 25.1 Å². The van der Waals surface area contributed by atoms with Gasteiger partial charge in [0.25, 0.3) is 5.91 Å². The maximum Gasteiger partial charge on any atom is 0.409 e. The van der Waals surface area contributed by atoms with Gasteiger partial charge in [-0.1, -0.05) is 0 Å². The number of rotatable bonds is 7. The summed E-state index contributed by atoms with van der Waals surface area (Å²) in [6.45, 7) is 4.79. The van der Waals surface area contributed by atoms with Crippen molar-refractivity contribution in [2.24, 2.45) is 0 Å². The van der Waals surface area contributed by atoms with E-state index in [0.29, 0.717) is 37.8 Å². The van der Waals surface area contributed by atoms with Crippen molar-refractivity contribution in [2.75, 3.05) is 52.2 Å². The van der Waals surface area contributed by atoms with Gasteiger partial charge in [0.05, 0.1) is 6.61 Å². The molecule has 26 heavy (non-hydrogen) atoms. The van der Waals surface area contributed by atoms with Crippen LogP contribution in [0.1, 0.15) is 30.3 Å². The molecule has 0 bridgehead atoms. The fourth-order valence-electron chi connectivity index (χ4n) is 2.67. The second-order valence-electron chi connectivity index (χ2n) is 6.45. The van der Waals surface area contributed by atoms with Gasteiger partial charge in [0.2, 0.25) is 0 Å². The third kappa shape index (κ3) is 6.14. The van der Waals surface area contributed by atoms with Crippen LogP contribution in [0.5, 0.6) is 0 Å². The number of nitrogens with one attached hydrogen (secondary N) is 2. The minimum atomic E-state index is -0.260. The van der Waals surface area contributed by atoms with Crippen LogP contribution in [0.4, 0.5) is 10.6 Å². The van der Waals surface area contributed by atoms with E-state index in [1.54, 1.807) is 17.9 Å². The normalized spacial score (nSPS) is 15.0. The average molecular weight is 364 g/mol. The first-order valence-corrected chi connectivity index (χ1v) is 8.92. The molecule has 1 fully saturated rings. The van der Waals surface area contributed by atoms with Gasteiger partial charge in [0, 0.05) is 38.3 Å². The predicted molar refractivity (Wildman–Crippen MR) is 98.2 cm³/mol. The second-order valence-corrected chi connectivity index (χ2v) is 6.45. The molecule has 9 heteroatoms. The van der Waals surface area contributed by atoms with Gasteiger partial charge in [0.1, 0.15) is 17.8 Å². The minimum absolute atomic E-state index is 0.195. The number of carbonyl (C=O) groups is 2. The van der Waals surface area contributed by atoms with Gasteiger partial charge in [-0.2, -0.15) is 0 Å². The number of ether oxygens (including phenoxy) is 1. The van der Waals surface area contributed by atoms with Crippen LogP contribution in [-0.2, 0) is 4.74 Å². The first-order chi connectivity index (χ1) is 12.5. The van der Waals surface area contributed by atoms with E-state index in [9.17, 15) is 9.59 Å². The summed E-state index contributed by atoms with van der Waals surface area (Å²) in [7, 11) is 3.90. The van der Waals surface area contributed by atoms with E-state index in [2.05, 4.69) is 20.6 Å². The monoisotopic (exact) mass is 364 g/mol. The molecule has 0 spiro atoms. The lowest BCUT2D eigenvalue weighted by molar-refractivity contribution is 0.0943. The summed E-state index contributed by atoms with van der Waals surface area (Å²) in [6.07, 6.45) is 2.72. The molecule has 2 amide bonds. The van der Waals surface area contributed by atoms with Crippen molar-refractivity contribution < 1.29 is 14.3 Å².